The molecule has 0 radical (unpaired) electrons. The van der Waals surface area contributed by atoms with E-state index in [0.29, 0.717) is 17.9 Å². The largest absolute Gasteiger partial charge is 0.287 e. The molecule has 0 saturated carbocycles. The molecule has 2 saturated heterocycles. The maximum Gasteiger partial charge on any atom is 0.0393 e. The van der Waals surface area contributed by atoms with E-state index in [1.807, 2.05) is 0 Å². The van der Waals surface area contributed by atoms with E-state index in [0.717, 1.165) is 18.0 Å². The van der Waals surface area contributed by atoms with Crippen LogP contribution in [0.3, 0.4) is 0 Å². The van der Waals surface area contributed by atoms with Crippen LogP contribution in [0.15, 0.2) is 24.3 Å². The number of nitrogens with zero attached hydrogens (tertiary/aromatic N) is 1. The van der Waals surface area contributed by atoms with E-state index in [-0.39, 0.29) is 0 Å². The molecule has 2 rings (SSSR count). The normalized spacial score (nSPS) is 41.3. The molecule has 0 aliphatic carbocycles. The monoisotopic (exact) mass is 219 g/mol. The van der Waals surface area contributed by atoms with Gasteiger partial charge >= 0.3 is 0 Å². The van der Waals surface area contributed by atoms with E-state index < -0.39 is 0 Å². The summed E-state index contributed by atoms with van der Waals surface area (Å²) >= 11 is 0. The van der Waals surface area contributed by atoms with Crippen LogP contribution < -0.4 is 0 Å². The highest BCUT2D eigenvalue weighted by atomic mass is 15.4. The van der Waals surface area contributed by atoms with E-state index in [1.54, 1.807) is 0 Å². The Labute approximate surface area is 100 Å². The molecule has 16 heavy (non-hydrogen) atoms. The number of rotatable bonds is 4. The van der Waals surface area contributed by atoms with Gasteiger partial charge in [0.2, 0.25) is 0 Å². The summed E-state index contributed by atoms with van der Waals surface area (Å²) in [5, 5.41) is 0. The van der Waals surface area contributed by atoms with Gasteiger partial charge in [0.05, 0.1) is 0 Å². The first-order chi connectivity index (χ1) is 7.45. The lowest BCUT2D eigenvalue weighted by molar-refractivity contribution is 0.202. The Bertz CT molecular complexity index is 313. The van der Waals surface area contributed by atoms with Crippen molar-refractivity contribution in [1.29, 1.82) is 0 Å². The molecule has 2 aliphatic rings. The molecule has 0 N–H and O–H groups in total. The van der Waals surface area contributed by atoms with Gasteiger partial charge in [0.15, 0.2) is 0 Å². The molecule has 2 aliphatic heterocycles. The highest BCUT2D eigenvalue weighted by molar-refractivity contribution is 5.33. The van der Waals surface area contributed by atoms with Gasteiger partial charge in [-0.15, -0.1) is 0 Å². The lowest BCUT2D eigenvalue weighted by Crippen LogP contribution is -2.45. The highest BCUT2D eigenvalue weighted by Crippen LogP contribution is 2.54. The van der Waals surface area contributed by atoms with E-state index in [4.69, 9.17) is 0 Å². The van der Waals surface area contributed by atoms with Crippen LogP contribution in [0.5, 0.6) is 0 Å². The maximum absolute atomic E-state index is 4.29. The van der Waals surface area contributed by atoms with E-state index in [2.05, 4.69) is 58.2 Å². The molecule has 1 nitrogen and oxygen atoms in total. The van der Waals surface area contributed by atoms with Gasteiger partial charge in [0.1, 0.15) is 0 Å². The second kappa shape index (κ2) is 4.03. The van der Waals surface area contributed by atoms with Gasteiger partial charge in [-0.3, -0.25) is 4.90 Å². The molecule has 0 aromatic rings. The molecule has 1 heteroatoms. The van der Waals surface area contributed by atoms with Crippen LogP contribution in [0.1, 0.15) is 34.6 Å². The van der Waals surface area contributed by atoms with E-state index >= 15 is 0 Å². The van der Waals surface area contributed by atoms with Gasteiger partial charge in [0, 0.05) is 24.0 Å². The molecular weight excluding hydrogens is 194 g/mol. The second-order valence-electron chi connectivity index (χ2n) is 6.06. The minimum absolute atomic E-state index is 0.605. The molecule has 0 spiro atoms. The fourth-order valence-electron chi connectivity index (χ4n) is 2.99. The summed E-state index contributed by atoms with van der Waals surface area (Å²) in [6.07, 6.45) is 4.79. The predicted molar refractivity (Wildman–Crippen MR) is 70.3 cm³/mol. The van der Waals surface area contributed by atoms with Crippen molar-refractivity contribution in [3.63, 3.8) is 0 Å². The SMILES string of the molecule is C=C(C(C)C)C1C(/C=C/C(C)C)C2C(C)N12. The minimum Gasteiger partial charge on any atom is -0.287 e. The zero-order valence-electron chi connectivity index (χ0n) is 11.3. The van der Waals surface area contributed by atoms with Gasteiger partial charge < -0.3 is 0 Å². The van der Waals surface area contributed by atoms with Gasteiger partial charge in [-0.2, -0.15) is 0 Å². The topological polar surface area (TPSA) is 3.01 Å². The van der Waals surface area contributed by atoms with Gasteiger partial charge in [0.25, 0.3) is 0 Å². The third kappa shape index (κ3) is 1.75. The number of hydrogen-bond donors (Lipinski definition) is 0. The molecule has 2 heterocycles. The summed E-state index contributed by atoms with van der Waals surface area (Å²) < 4.78 is 0. The maximum atomic E-state index is 4.29. The first-order valence-electron chi connectivity index (χ1n) is 6.59. The number of hydrogen-bond acceptors (Lipinski definition) is 1. The van der Waals surface area contributed by atoms with Crippen LogP contribution in [-0.4, -0.2) is 23.0 Å². The van der Waals surface area contributed by atoms with Crippen LogP contribution in [0.2, 0.25) is 0 Å². The average molecular weight is 219 g/mol. The quantitative estimate of drug-likeness (QED) is 0.517. The van der Waals surface area contributed by atoms with Crippen molar-refractivity contribution in [3.8, 4) is 0 Å². The molecule has 90 valence electrons. The zero-order valence-corrected chi connectivity index (χ0v) is 11.3. The summed E-state index contributed by atoms with van der Waals surface area (Å²) in [7, 11) is 0. The van der Waals surface area contributed by atoms with Crippen LogP contribution in [0.4, 0.5) is 0 Å². The Balaban J connectivity index is 2.05. The Kier molecular flexibility index (Phi) is 3.00. The van der Waals surface area contributed by atoms with E-state index in [9.17, 15) is 0 Å². The number of fused-ring (bicyclic) bond motifs is 1. The van der Waals surface area contributed by atoms with Crippen molar-refractivity contribution in [2.24, 2.45) is 17.8 Å². The Morgan fingerprint density at radius 2 is 1.88 bits per heavy atom. The number of allylic oxidation sites excluding steroid dienone is 1. The molecule has 0 aromatic heterocycles. The zero-order chi connectivity index (χ0) is 12.0. The van der Waals surface area contributed by atoms with Crippen molar-refractivity contribution in [2.45, 2.75) is 52.7 Å². The highest BCUT2D eigenvalue weighted by Gasteiger charge is 2.64. The molecule has 0 amide bonds. The third-order valence-electron chi connectivity index (χ3n) is 4.14. The lowest BCUT2D eigenvalue weighted by atomic mass is 9.80. The smallest absolute Gasteiger partial charge is 0.0393 e. The molecular formula is C15H25N. The minimum atomic E-state index is 0.605. The summed E-state index contributed by atoms with van der Waals surface area (Å²) in [5.41, 5.74) is 1.42. The molecule has 0 bridgehead atoms. The summed E-state index contributed by atoms with van der Waals surface area (Å²) in [5.74, 6) is 2.00. The lowest BCUT2D eigenvalue weighted by Gasteiger charge is -2.38. The van der Waals surface area contributed by atoms with Crippen molar-refractivity contribution < 1.29 is 0 Å². The Morgan fingerprint density at radius 1 is 1.25 bits per heavy atom. The molecule has 5 atom stereocenters. The molecule has 0 aromatic carbocycles. The fraction of sp³-hybridized carbons (Fsp3) is 0.733. The van der Waals surface area contributed by atoms with Gasteiger partial charge in [-0.1, -0.05) is 52.0 Å². The van der Waals surface area contributed by atoms with Gasteiger partial charge in [-0.05, 0) is 18.8 Å². The summed E-state index contributed by atoms with van der Waals surface area (Å²) in [6.45, 7) is 15.6. The Hall–Kier alpha value is -0.560. The van der Waals surface area contributed by atoms with Crippen molar-refractivity contribution in [2.75, 3.05) is 0 Å². The summed E-state index contributed by atoms with van der Waals surface area (Å²) in [4.78, 5) is 2.61. The van der Waals surface area contributed by atoms with Crippen molar-refractivity contribution in [3.05, 3.63) is 24.3 Å². The van der Waals surface area contributed by atoms with Crippen molar-refractivity contribution in [1.82, 2.24) is 4.90 Å². The fourth-order valence-corrected chi connectivity index (χ4v) is 2.99. The average Bonchev–Trinajstić information content (AvgIpc) is 2.69. The van der Waals surface area contributed by atoms with Crippen LogP contribution in [-0.2, 0) is 0 Å². The predicted octanol–water partition coefficient (Wildman–Crippen LogP) is 3.48. The first kappa shape index (κ1) is 11.9. The van der Waals surface area contributed by atoms with Crippen LogP contribution in [0, 0.1) is 17.8 Å². The van der Waals surface area contributed by atoms with Crippen molar-refractivity contribution >= 4 is 0 Å². The first-order valence-corrected chi connectivity index (χ1v) is 6.59. The Morgan fingerprint density at radius 3 is 2.38 bits per heavy atom. The third-order valence-corrected chi connectivity index (χ3v) is 4.14. The standard InChI is InChI=1S/C15H25N/c1-9(2)7-8-13-14(11(5)10(3)4)16-12(6)15(13)16/h7-10,12-15H,5H2,1-4,6H3/b8-7+. The van der Waals surface area contributed by atoms with Crippen LogP contribution in [0.25, 0.3) is 0 Å². The second-order valence-corrected chi connectivity index (χ2v) is 6.06. The van der Waals surface area contributed by atoms with Gasteiger partial charge in [-0.25, -0.2) is 0 Å². The van der Waals surface area contributed by atoms with Crippen LogP contribution >= 0.6 is 0 Å². The van der Waals surface area contributed by atoms with E-state index in [1.165, 1.54) is 5.57 Å². The molecule has 2 fully saturated rings. The summed E-state index contributed by atoms with van der Waals surface area (Å²) in [6, 6.07) is 2.22. The molecule has 5 unspecified atom stereocenters.